The smallest absolute Gasteiger partial charge is 0.194 e. The van der Waals surface area contributed by atoms with Crippen LogP contribution < -0.4 is 5.32 Å². The largest absolute Gasteiger partial charge is 0.467 e. The second-order valence-electron chi connectivity index (χ2n) is 7.62. The Hall–Kier alpha value is -1.62. The van der Waals surface area contributed by atoms with Gasteiger partial charge < -0.3 is 19.2 Å². The summed E-state index contributed by atoms with van der Waals surface area (Å²) in [6.07, 6.45) is 4.38. The molecule has 1 aliphatic rings. The molecule has 162 valence electrons. The quantitative estimate of drug-likeness (QED) is 0.331. The van der Waals surface area contributed by atoms with Gasteiger partial charge >= 0.3 is 0 Å². The van der Waals surface area contributed by atoms with Crippen LogP contribution in [-0.4, -0.2) is 69.8 Å². The summed E-state index contributed by atoms with van der Waals surface area (Å²) in [4.78, 5) is 9.71. The lowest BCUT2D eigenvalue weighted by Crippen LogP contribution is -2.53. The van der Waals surface area contributed by atoms with E-state index in [9.17, 15) is 0 Å². The molecular weight excluding hydrogens is 481 g/mol. The standard InChI is InChI=1S/C20H33N7O.HI/c1-4-19-24-23-16-27(19)8-7-21-20(22-14-18-6-5-13-28-18)26-11-9-25(10-12-26)15-17(2)3;/h5-6,13,16-17H,4,7-12,14-15H2,1-3H3,(H,21,22);1H. The first-order valence-corrected chi connectivity index (χ1v) is 10.3. The van der Waals surface area contributed by atoms with Gasteiger partial charge in [-0.05, 0) is 18.1 Å². The van der Waals surface area contributed by atoms with Crippen LogP contribution >= 0.6 is 24.0 Å². The van der Waals surface area contributed by atoms with Gasteiger partial charge in [0.25, 0.3) is 0 Å². The summed E-state index contributed by atoms with van der Waals surface area (Å²) in [5.41, 5.74) is 0. The predicted octanol–water partition coefficient (Wildman–Crippen LogP) is 2.47. The van der Waals surface area contributed by atoms with Crippen LogP contribution in [0, 0.1) is 5.92 Å². The highest BCUT2D eigenvalue weighted by Gasteiger charge is 2.20. The van der Waals surface area contributed by atoms with Crippen molar-refractivity contribution in [3.63, 3.8) is 0 Å². The zero-order valence-electron chi connectivity index (χ0n) is 17.8. The number of nitrogens with one attached hydrogen (secondary N) is 1. The molecule has 1 N–H and O–H groups in total. The van der Waals surface area contributed by atoms with Gasteiger partial charge in [0, 0.05) is 52.2 Å². The Morgan fingerprint density at radius 3 is 2.72 bits per heavy atom. The minimum Gasteiger partial charge on any atom is -0.467 e. The van der Waals surface area contributed by atoms with Crippen LogP contribution in [0.5, 0.6) is 0 Å². The molecule has 1 saturated heterocycles. The number of rotatable bonds is 8. The number of guanidine groups is 1. The SMILES string of the molecule is CCc1nncn1CCNC(=NCc1ccco1)N1CCN(CC(C)C)CC1.I. The van der Waals surface area contributed by atoms with Crippen molar-refractivity contribution in [1.82, 2.24) is 29.9 Å². The normalized spacial score (nSPS) is 15.6. The van der Waals surface area contributed by atoms with Gasteiger partial charge in [-0.3, -0.25) is 4.90 Å². The molecule has 0 spiro atoms. The molecule has 8 nitrogen and oxygen atoms in total. The molecule has 9 heteroatoms. The average Bonchev–Trinajstić information content (AvgIpc) is 3.36. The molecule has 0 amide bonds. The molecule has 29 heavy (non-hydrogen) atoms. The summed E-state index contributed by atoms with van der Waals surface area (Å²) in [5.74, 6) is 3.54. The summed E-state index contributed by atoms with van der Waals surface area (Å²) in [7, 11) is 0. The Bertz CT molecular complexity index is 721. The van der Waals surface area contributed by atoms with Crippen molar-refractivity contribution >= 4 is 29.9 Å². The van der Waals surface area contributed by atoms with E-state index in [1.54, 1.807) is 12.6 Å². The number of aromatic nitrogens is 3. The van der Waals surface area contributed by atoms with Gasteiger partial charge in [-0.1, -0.05) is 20.8 Å². The Kier molecular flexibility index (Phi) is 9.92. The van der Waals surface area contributed by atoms with Crippen molar-refractivity contribution in [3.8, 4) is 0 Å². The van der Waals surface area contributed by atoms with Gasteiger partial charge in [0.15, 0.2) is 5.96 Å². The third kappa shape index (κ3) is 7.29. The van der Waals surface area contributed by atoms with E-state index >= 15 is 0 Å². The lowest BCUT2D eigenvalue weighted by molar-refractivity contribution is 0.163. The second-order valence-corrected chi connectivity index (χ2v) is 7.62. The maximum atomic E-state index is 5.44. The molecule has 0 bridgehead atoms. The van der Waals surface area contributed by atoms with Crippen molar-refractivity contribution in [1.29, 1.82) is 0 Å². The minimum absolute atomic E-state index is 0. The molecule has 2 aromatic rings. The van der Waals surface area contributed by atoms with Crippen molar-refractivity contribution in [2.24, 2.45) is 10.9 Å². The first kappa shape index (κ1) is 23.7. The van der Waals surface area contributed by atoms with Crippen LogP contribution in [-0.2, 0) is 19.5 Å². The third-order valence-electron chi connectivity index (χ3n) is 4.91. The number of aryl methyl sites for hydroxylation is 1. The molecule has 0 aliphatic carbocycles. The highest BCUT2D eigenvalue weighted by molar-refractivity contribution is 14.0. The number of hydrogen-bond donors (Lipinski definition) is 1. The summed E-state index contributed by atoms with van der Waals surface area (Å²) < 4.78 is 7.54. The zero-order valence-corrected chi connectivity index (χ0v) is 20.1. The zero-order chi connectivity index (χ0) is 19.8. The molecule has 2 aromatic heterocycles. The fourth-order valence-corrected chi connectivity index (χ4v) is 3.51. The van der Waals surface area contributed by atoms with Gasteiger partial charge in [0.1, 0.15) is 24.5 Å². The molecule has 0 aromatic carbocycles. The van der Waals surface area contributed by atoms with Gasteiger partial charge in [-0.2, -0.15) is 0 Å². The van der Waals surface area contributed by atoms with E-state index in [4.69, 9.17) is 9.41 Å². The average molecular weight is 515 g/mol. The summed E-state index contributed by atoms with van der Waals surface area (Å²) >= 11 is 0. The van der Waals surface area contributed by atoms with Crippen LogP contribution in [0.2, 0.25) is 0 Å². The monoisotopic (exact) mass is 515 g/mol. The summed E-state index contributed by atoms with van der Waals surface area (Å²) in [6, 6.07) is 3.87. The maximum absolute atomic E-state index is 5.44. The lowest BCUT2D eigenvalue weighted by atomic mass is 10.2. The van der Waals surface area contributed by atoms with Crippen molar-refractivity contribution in [2.75, 3.05) is 39.3 Å². The second kappa shape index (κ2) is 12.2. The van der Waals surface area contributed by atoms with Crippen LogP contribution in [0.15, 0.2) is 34.1 Å². The number of halogens is 1. The van der Waals surface area contributed by atoms with Crippen molar-refractivity contribution < 1.29 is 4.42 Å². The Morgan fingerprint density at radius 2 is 2.07 bits per heavy atom. The Labute approximate surface area is 190 Å². The predicted molar refractivity (Wildman–Crippen MR) is 126 cm³/mol. The molecule has 0 radical (unpaired) electrons. The van der Waals surface area contributed by atoms with E-state index in [2.05, 4.69) is 50.7 Å². The number of furan rings is 1. The molecule has 1 aliphatic heterocycles. The number of nitrogens with zero attached hydrogens (tertiary/aromatic N) is 6. The molecular formula is C20H34IN7O. The van der Waals surface area contributed by atoms with Crippen LogP contribution in [0.1, 0.15) is 32.4 Å². The van der Waals surface area contributed by atoms with Gasteiger partial charge in [-0.25, -0.2) is 4.99 Å². The molecule has 1 fully saturated rings. The molecule has 0 saturated carbocycles. The number of aliphatic imine (C=N–C) groups is 1. The van der Waals surface area contributed by atoms with E-state index in [0.29, 0.717) is 12.5 Å². The van der Waals surface area contributed by atoms with Crippen LogP contribution in [0.3, 0.4) is 0 Å². The van der Waals surface area contributed by atoms with Gasteiger partial charge in [0.2, 0.25) is 0 Å². The summed E-state index contributed by atoms with van der Waals surface area (Å²) in [5, 5.41) is 11.7. The van der Waals surface area contributed by atoms with E-state index in [1.165, 1.54) is 0 Å². The Balaban J connectivity index is 0.00000300. The van der Waals surface area contributed by atoms with Gasteiger partial charge in [0.05, 0.1) is 6.26 Å². The van der Waals surface area contributed by atoms with E-state index in [1.807, 2.05) is 12.1 Å². The minimum atomic E-state index is 0. The van der Waals surface area contributed by atoms with E-state index in [0.717, 1.165) is 69.8 Å². The fourth-order valence-electron chi connectivity index (χ4n) is 3.51. The first-order chi connectivity index (χ1) is 13.7. The highest BCUT2D eigenvalue weighted by Crippen LogP contribution is 2.07. The van der Waals surface area contributed by atoms with Crippen LogP contribution in [0.4, 0.5) is 0 Å². The van der Waals surface area contributed by atoms with E-state index < -0.39 is 0 Å². The van der Waals surface area contributed by atoms with E-state index in [-0.39, 0.29) is 24.0 Å². The van der Waals surface area contributed by atoms with Gasteiger partial charge in [-0.15, -0.1) is 34.2 Å². The molecule has 0 unspecified atom stereocenters. The summed E-state index contributed by atoms with van der Waals surface area (Å²) in [6.45, 7) is 14.1. The molecule has 3 heterocycles. The molecule has 3 rings (SSSR count). The van der Waals surface area contributed by atoms with Crippen molar-refractivity contribution in [2.45, 2.75) is 40.3 Å². The van der Waals surface area contributed by atoms with Crippen molar-refractivity contribution in [3.05, 3.63) is 36.3 Å². The number of hydrogen-bond acceptors (Lipinski definition) is 5. The topological polar surface area (TPSA) is 74.7 Å². The fraction of sp³-hybridized carbons (Fsp3) is 0.650. The lowest BCUT2D eigenvalue weighted by Gasteiger charge is -2.37. The highest BCUT2D eigenvalue weighted by atomic mass is 127. The number of piperazine rings is 1. The van der Waals surface area contributed by atoms with Crippen LogP contribution in [0.25, 0.3) is 0 Å². The maximum Gasteiger partial charge on any atom is 0.194 e. The third-order valence-corrected chi connectivity index (χ3v) is 4.91. The first-order valence-electron chi connectivity index (χ1n) is 10.3. The Morgan fingerprint density at radius 1 is 1.28 bits per heavy atom. The molecule has 0 atom stereocenters.